The Balaban J connectivity index is 1.73. The lowest BCUT2D eigenvalue weighted by atomic mass is 10.1. The molecule has 0 saturated heterocycles. The number of unbranched alkanes of at least 4 members (excludes halogenated alkanes) is 2. The summed E-state index contributed by atoms with van der Waals surface area (Å²) < 4.78 is 2.25. The third-order valence-electron chi connectivity index (χ3n) is 5.56. The van der Waals surface area contributed by atoms with E-state index in [4.69, 9.17) is 0 Å². The molecule has 3 aromatic rings. The summed E-state index contributed by atoms with van der Waals surface area (Å²) in [5.74, 6) is 0.123. The minimum absolute atomic E-state index is 0.123. The van der Waals surface area contributed by atoms with Crippen LogP contribution in [0, 0.1) is 0 Å². The van der Waals surface area contributed by atoms with Crippen LogP contribution in [0.5, 0.6) is 0 Å². The maximum Gasteiger partial charge on any atom is 0.254 e. The van der Waals surface area contributed by atoms with Gasteiger partial charge in [0.05, 0.1) is 6.54 Å². The number of benzene rings is 2. The van der Waals surface area contributed by atoms with Crippen molar-refractivity contribution in [2.45, 2.75) is 59.0 Å². The number of hydrogen-bond donors (Lipinski definition) is 0. The molecule has 0 fully saturated rings. The van der Waals surface area contributed by atoms with E-state index in [-0.39, 0.29) is 5.91 Å². The predicted octanol–water partition coefficient (Wildman–Crippen LogP) is 6.32. The fourth-order valence-corrected chi connectivity index (χ4v) is 3.70. The van der Waals surface area contributed by atoms with E-state index in [1.165, 1.54) is 29.7 Å². The molecule has 0 spiro atoms. The van der Waals surface area contributed by atoms with Crippen molar-refractivity contribution in [3.63, 3.8) is 0 Å². The SMILES string of the molecule is CCCCc1ccc(C(=O)N(CCCC)Cc2cccn2Cc2ccccc2)cc1. The van der Waals surface area contributed by atoms with Gasteiger partial charge in [0.2, 0.25) is 0 Å². The van der Waals surface area contributed by atoms with Gasteiger partial charge in [0.25, 0.3) is 5.91 Å². The molecule has 0 unspecified atom stereocenters. The molecule has 30 heavy (non-hydrogen) atoms. The summed E-state index contributed by atoms with van der Waals surface area (Å²) in [6, 6.07) is 22.9. The Bertz CT molecular complexity index is 896. The summed E-state index contributed by atoms with van der Waals surface area (Å²) in [5.41, 5.74) is 4.53. The van der Waals surface area contributed by atoms with E-state index in [1.54, 1.807) is 0 Å². The van der Waals surface area contributed by atoms with E-state index in [2.05, 4.69) is 73.1 Å². The summed E-state index contributed by atoms with van der Waals surface area (Å²) in [6.07, 6.45) is 7.65. The monoisotopic (exact) mass is 402 g/mol. The molecule has 0 bridgehead atoms. The highest BCUT2D eigenvalue weighted by molar-refractivity contribution is 5.94. The highest BCUT2D eigenvalue weighted by Gasteiger charge is 2.17. The Hall–Kier alpha value is -2.81. The van der Waals surface area contributed by atoms with Crippen molar-refractivity contribution in [1.29, 1.82) is 0 Å². The standard InChI is InChI=1S/C27H34N2O/c1-3-5-11-23-15-17-25(18-16-23)27(30)29(19-6-4-2)22-26-14-10-20-28(26)21-24-12-8-7-9-13-24/h7-10,12-18,20H,3-6,11,19,21-22H2,1-2H3. The van der Waals surface area contributed by atoms with E-state index < -0.39 is 0 Å². The van der Waals surface area contributed by atoms with Crippen LogP contribution in [0.2, 0.25) is 0 Å². The van der Waals surface area contributed by atoms with Crippen molar-refractivity contribution >= 4 is 5.91 Å². The number of aryl methyl sites for hydroxylation is 1. The fraction of sp³-hybridized carbons (Fsp3) is 0.370. The van der Waals surface area contributed by atoms with Crippen LogP contribution in [-0.4, -0.2) is 21.9 Å². The summed E-state index contributed by atoms with van der Waals surface area (Å²) in [7, 11) is 0. The Morgan fingerprint density at radius 3 is 2.27 bits per heavy atom. The molecule has 3 heteroatoms. The number of carbonyl (C=O) groups is 1. The summed E-state index contributed by atoms with van der Waals surface area (Å²) in [5, 5.41) is 0. The van der Waals surface area contributed by atoms with Gasteiger partial charge in [-0.15, -0.1) is 0 Å². The van der Waals surface area contributed by atoms with Crippen LogP contribution in [0.15, 0.2) is 72.9 Å². The van der Waals surface area contributed by atoms with Gasteiger partial charge in [-0.25, -0.2) is 0 Å². The average molecular weight is 403 g/mol. The topological polar surface area (TPSA) is 25.2 Å². The number of hydrogen-bond acceptors (Lipinski definition) is 1. The Kier molecular flexibility index (Phi) is 8.31. The Labute approximate surface area is 181 Å². The fourth-order valence-electron chi connectivity index (χ4n) is 3.70. The summed E-state index contributed by atoms with van der Waals surface area (Å²) >= 11 is 0. The second kappa shape index (κ2) is 11.4. The number of rotatable bonds is 11. The van der Waals surface area contributed by atoms with Crippen LogP contribution in [0.1, 0.15) is 66.7 Å². The lowest BCUT2D eigenvalue weighted by Crippen LogP contribution is -2.32. The zero-order valence-corrected chi connectivity index (χ0v) is 18.4. The molecule has 0 aliphatic carbocycles. The van der Waals surface area contributed by atoms with Gasteiger partial charge in [-0.2, -0.15) is 0 Å². The second-order valence-electron chi connectivity index (χ2n) is 7.99. The zero-order valence-electron chi connectivity index (χ0n) is 18.4. The van der Waals surface area contributed by atoms with Gasteiger partial charge >= 0.3 is 0 Å². The van der Waals surface area contributed by atoms with Crippen LogP contribution in [-0.2, 0) is 19.5 Å². The first-order valence-electron chi connectivity index (χ1n) is 11.3. The van der Waals surface area contributed by atoms with Gasteiger partial charge in [0.15, 0.2) is 0 Å². The molecule has 3 rings (SSSR count). The van der Waals surface area contributed by atoms with Crippen molar-refractivity contribution in [1.82, 2.24) is 9.47 Å². The molecule has 1 heterocycles. The number of carbonyl (C=O) groups excluding carboxylic acids is 1. The van der Waals surface area contributed by atoms with Gasteiger partial charge in [-0.3, -0.25) is 4.79 Å². The van der Waals surface area contributed by atoms with Crippen molar-refractivity contribution in [3.8, 4) is 0 Å². The summed E-state index contributed by atoms with van der Waals surface area (Å²) in [6.45, 7) is 6.62. The maximum atomic E-state index is 13.3. The van der Waals surface area contributed by atoms with Crippen LogP contribution in [0.4, 0.5) is 0 Å². The minimum Gasteiger partial charge on any atom is -0.345 e. The molecule has 3 nitrogen and oxygen atoms in total. The highest BCUT2D eigenvalue weighted by atomic mass is 16.2. The molecule has 0 aliphatic heterocycles. The van der Waals surface area contributed by atoms with Crippen LogP contribution in [0.25, 0.3) is 0 Å². The normalized spacial score (nSPS) is 10.9. The van der Waals surface area contributed by atoms with E-state index in [1.807, 2.05) is 23.1 Å². The lowest BCUT2D eigenvalue weighted by molar-refractivity contribution is 0.0737. The second-order valence-corrected chi connectivity index (χ2v) is 7.99. The molecule has 0 atom stereocenters. The zero-order chi connectivity index (χ0) is 21.2. The quantitative estimate of drug-likeness (QED) is 0.368. The molecule has 0 saturated carbocycles. The van der Waals surface area contributed by atoms with Crippen LogP contribution >= 0.6 is 0 Å². The molecule has 0 N–H and O–H groups in total. The molecule has 2 aromatic carbocycles. The Morgan fingerprint density at radius 2 is 1.57 bits per heavy atom. The molecule has 0 radical (unpaired) electrons. The first-order chi connectivity index (χ1) is 14.7. The summed E-state index contributed by atoms with van der Waals surface area (Å²) in [4.78, 5) is 15.3. The third-order valence-corrected chi connectivity index (χ3v) is 5.56. The molecule has 158 valence electrons. The van der Waals surface area contributed by atoms with Gasteiger partial charge in [0, 0.05) is 30.5 Å². The number of amides is 1. The molecular formula is C27H34N2O. The number of aromatic nitrogens is 1. The lowest BCUT2D eigenvalue weighted by Gasteiger charge is -2.24. The highest BCUT2D eigenvalue weighted by Crippen LogP contribution is 2.15. The van der Waals surface area contributed by atoms with E-state index in [9.17, 15) is 4.79 Å². The van der Waals surface area contributed by atoms with Crippen molar-refractivity contribution < 1.29 is 4.79 Å². The maximum absolute atomic E-state index is 13.3. The minimum atomic E-state index is 0.123. The van der Waals surface area contributed by atoms with Gasteiger partial charge in [0.1, 0.15) is 0 Å². The van der Waals surface area contributed by atoms with Crippen molar-refractivity contribution in [3.05, 3.63) is 95.3 Å². The van der Waals surface area contributed by atoms with E-state index >= 15 is 0 Å². The third kappa shape index (κ3) is 6.09. The molecular weight excluding hydrogens is 368 g/mol. The van der Waals surface area contributed by atoms with Gasteiger partial charge < -0.3 is 9.47 Å². The molecule has 1 amide bonds. The van der Waals surface area contributed by atoms with Crippen molar-refractivity contribution in [2.75, 3.05) is 6.54 Å². The first-order valence-corrected chi connectivity index (χ1v) is 11.3. The Morgan fingerprint density at radius 1 is 0.833 bits per heavy atom. The molecule has 0 aliphatic rings. The smallest absolute Gasteiger partial charge is 0.254 e. The number of nitrogens with zero attached hydrogens (tertiary/aromatic N) is 2. The van der Waals surface area contributed by atoms with Gasteiger partial charge in [-0.05, 0) is 54.7 Å². The molecule has 1 aromatic heterocycles. The van der Waals surface area contributed by atoms with Crippen LogP contribution < -0.4 is 0 Å². The van der Waals surface area contributed by atoms with E-state index in [0.29, 0.717) is 6.54 Å². The first kappa shape index (κ1) is 21.9. The average Bonchev–Trinajstić information content (AvgIpc) is 3.22. The van der Waals surface area contributed by atoms with Gasteiger partial charge in [-0.1, -0.05) is 69.2 Å². The largest absolute Gasteiger partial charge is 0.345 e. The van der Waals surface area contributed by atoms with Crippen LogP contribution in [0.3, 0.4) is 0 Å². The van der Waals surface area contributed by atoms with Crippen molar-refractivity contribution in [2.24, 2.45) is 0 Å². The van der Waals surface area contributed by atoms with E-state index in [0.717, 1.165) is 37.9 Å². The predicted molar refractivity (Wildman–Crippen MR) is 125 cm³/mol.